The van der Waals surface area contributed by atoms with E-state index in [4.69, 9.17) is 0 Å². The van der Waals surface area contributed by atoms with Crippen LogP contribution in [0.15, 0.2) is 65.6 Å². The first-order valence-electron chi connectivity index (χ1n) is 7.07. The number of carbonyl (C=O) groups excluding carboxylic acids is 1. The number of nitrogens with zero attached hydrogens (tertiary/aromatic N) is 1. The molecule has 0 N–H and O–H groups in total. The molecule has 0 unspecified atom stereocenters. The Kier molecular flexibility index (Phi) is 4.98. The second kappa shape index (κ2) is 6.75. The highest BCUT2D eigenvalue weighted by atomic mass is 32.2. The lowest BCUT2D eigenvalue weighted by atomic mass is 10.2. The van der Waals surface area contributed by atoms with Crippen molar-refractivity contribution in [1.29, 1.82) is 0 Å². The van der Waals surface area contributed by atoms with Crippen LogP contribution < -0.4 is 4.90 Å². The third-order valence-electron chi connectivity index (χ3n) is 3.24. The Morgan fingerprint density at radius 2 is 1.45 bits per heavy atom. The van der Waals surface area contributed by atoms with Crippen LogP contribution in [0.2, 0.25) is 0 Å². The number of rotatable bonds is 5. The number of hydrogen-bond acceptors (Lipinski definition) is 3. The Bertz CT molecular complexity index is 725. The highest BCUT2D eigenvalue weighted by molar-refractivity contribution is 7.92. The van der Waals surface area contributed by atoms with E-state index in [0.717, 1.165) is 0 Å². The highest BCUT2D eigenvalue weighted by Crippen LogP contribution is 2.19. The van der Waals surface area contributed by atoms with Crippen molar-refractivity contribution in [2.24, 2.45) is 0 Å². The van der Waals surface area contributed by atoms with Gasteiger partial charge in [0.1, 0.15) is 5.75 Å². The fraction of sp³-hybridized carbons (Fsp3) is 0.235. The minimum absolute atomic E-state index is 0.124. The van der Waals surface area contributed by atoms with Gasteiger partial charge in [-0.05, 0) is 38.1 Å². The van der Waals surface area contributed by atoms with E-state index in [2.05, 4.69) is 0 Å². The predicted molar refractivity (Wildman–Crippen MR) is 87.6 cm³/mol. The van der Waals surface area contributed by atoms with Crippen molar-refractivity contribution < 1.29 is 13.2 Å². The van der Waals surface area contributed by atoms with Gasteiger partial charge in [0.15, 0.2) is 9.84 Å². The third-order valence-corrected chi connectivity index (χ3v) is 4.85. The summed E-state index contributed by atoms with van der Waals surface area (Å²) in [6.45, 7) is 3.72. The summed E-state index contributed by atoms with van der Waals surface area (Å²) in [4.78, 5) is 14.2. The van der Waals surface area contributed by atoms with Crippen LogP contribution >= 0.6 is 0 Å². The maximum absolute atomic E-state index is 12.5. The van der Waals surface area contributed by atoms with Crippen LogP contribution in [-0.4, -0.2) is 26.1 Å². The molecule has 0 bridgehead atoms. The third kappa shape index (κ3) is 3.74. The van der Waals surface area contributed by atoms with E-state index < -0.39 is 21.5 Å². The molecule has 0 aromatic heterocycles. The Labute approximate surface area is 131 Å². The minimum atomic E-state index is -3.64. The molecule has 5 heteroatoms. The van der Waals surface area contributed by atoms with Crippen LogP contribution in [0.5, 0.6) is 0 Å². The van der Waals surface area contributed by atoms with Crippen molar-refractivity contribution in [3.63, 3.8) is 0 Å². The molecule has 0 saturated carbocycles. The van der Waals surface area contributed by atoms with Crippen LogP contribution in [0.1, 0.15) is 13.8 Å². The summed E-state index contributed by atoms with van der Waals surface area (Å²) in [6.07, 6.45) is 0. The molecule has 2 aromatic carbocycles. The van der Waals surface area contributed by atoms with Gasteiger partial charge in [0.05, 0.1) is 4.90 Å². The number of para-hydroxylation sites is 1. The fourth-order valence-electron chi connectivity index (χ4n) is 2.26. The Morgan fingerprint density at radius 1 is 0.955 bits per heavy atom. The van der Waals surface area contributed by atoms with Crippen molar-refractivity contribution in [3.8, 4) is 0 Å². The van der Waals surface area contributed by atoms with Crippen molar-refractivity contribution in [2.75, 3.05) is 10.7 Å². The first kappa shape index (κ1) is 16.2. The van der Waals surface area contributed by atoms with Gasteiger partial charge in [-0.15, -0.1) is 0 Å². The molecule has 4 nitrogen and oxygen atoms in total. The van der Waals surface area contributed by atoms with Crippen LogP contribution in [0.25, 0.3) is 0 Å². The van der Waals surface area contributed by atoms with Crippen molar-refractivity contribution >= 4 is 21.4 Å². The van der Waals surface area contributed by atoms with E-state index in [0.29, 0.717) is 5.69 Å². The summed E-state index contributed by atoms with van der Waals surface area (Å²) in [7, 11) is -3.64. The highest BCUT2D eigenvalue weighted by Gasteiger charge is 2.25. The van der Waals surface area contributed by atoms with Crippen molar-refractivity contribution in [1.82, 2.24) is 0 Å². The maximum atomic E-state index is 12.5. The zero-order valence-corrected chi connectivity index (χ0v) is 13.5. The molecule has 1 amide bonds. The average Bonchev–Trinajstić information content (AvgIpc) is 2.48. The van der Waals surface area contributed by atoms with Crippen LogP contribution in [0.3, 0.4) is 0 Å². The molecule has 22 heavy (non-hydrogen) atoms. The van der Waals surface area contributed by atoms with Gasteiger partial charge in [0.2, 0.25) is 5.91 Å². The molecule has 0 saturated heterocycles. The van der Waals surface area contributed by atoms with Gasteiger partial charge in [-0.2, -0.15) is 0 Å². The molecule has 0 spiro atoms. The molecule has 0 atom stereocenters. The fourth-order valence-corrected chi connectivity index (χ4v) is 3.46. The topological polar surface area (TPSA) is 54.5 Å². The van der Waals surface area contributed by atoms with E-state index in [9.17, 15) is 13.2 Å². The molecule has 116 valence electrons. The van der Waals surface area contributed by atoms with Gasteiger partial charge in [-0.1, -0.05) is 36.4 Å². The smallest absolute Gasteiger partial charge is 0.242 e. The lowest BCUT2D eigenvalue weighted by Crippen LogP contribution is -2.40. The summed E-state index contributed by atoms with van der Waals surface area (Å²) in [6, 6.07) is 17.0. The van der Waals surface area contributed by atoms with Gasteiger partial charge < -0.3 is 4.90 Å². The SMILES string of the molecule is CC(C)N(C(=O)CS(=O)(=O)c1ccccc1)c1ccccc1. The molecule has 0 radical (unpaired) electrons. The second-order valence-electron chi connectivity index (χ2n) is 5.27. The average molecular weight is 317 g/mol. The number of benzene rings is 2. The maximum Gasteiger partial charge on any atom is 0.242 e. The first-order chi connectivity index (χ1) is 10.4. The molecule has 0 aliphatic heterocycles. The second-order valence-corrected chi connectivity index (χ2v) is 7.25. The first-order valence-corrected chi connectivity index (χ1v) is 8.72. The van der Waals surface area contributed by atoms with Crippen LogP contribution in [-0.2, 0) is 14.6 Å². The Hall–Kier alpha value is -2.14. The Morgan fingerprint density at radius 3 is 1.95 bits per heavy atom. The zero-order chi connectivity index (χ0) is 16.2. The van der Waals surface area contributed by atoms with Crippen molar-refractivity contribution in [3.05, 3.63) is 60.7 Å². The molecule has 0 fully saturated rings. The van der Waals surface area contributed by atoms with E-state index in [-0.39, 0.29) is 10.9 Å². The van der Waals surface area contributed by atoms with E-state index in [1.807, 2.05) is 32.0 Å². The van der Waals surface area contributed by atoms with Crippen molar-refractivity contribution in [2.45, 2.75) is 24.8 Å². The van der Waals surface area contributed by atoms with E-state index in [1.54, 1.807) is 30.3 Å². The summed E-state index contributed by atoms with van der Waals surface area (Å²) in [5.74, 6) is -0.963. The van der Waals surface area contributed by atoms with Gasteiger partial charge in [-0.25, -0.2) is 8.42 Å². The number of amides is 1. The number of anilines is 1. The lowest BCUT2D eigenvalue weighted by Gasteiger charge is -2.26. The molecule has 0 heterocycles. The van der Waals surface area contributed by atoms with Gasteiger partial charge in [0, 0.05) is 11.7 Å². The molecular weight excluding hydrogens is 298 g/mol. The number of sulfone groups is 1. The molecule has 2 aromatic rings. The molecule has 0 aliphatic rings. The largest absolute Gasteiger partial charge is 0.309 e. The molecule has 2 rings (SSSR count). The van der Waals surface area contributed by atoms with Gasteiger partial charge >= 0.3 is 0 Å². The molecule has 0 aliphatic carbocycles. The quantitative estimate of drug-likeness (QED) is 0.852. The summed E-state index contributed by atoms with van der Waals surface area (Å²) < 4.78 is 24.7. The zero-order valence-electron chi connectivity index (χ0n) is 12.6. The van der Waals surface area contributed by atoms with E-state index in [1.165, 1.54) is 17.0 Å². The summed E-state index contributed by atoms with van der Waals surface area (Å²) in [5.41, 5.74) is 0.700. The van der Waals surface area contributed by atoms with Gasteiger partial charge in [0.25, 0.3) is 0 Å². The predicted octanol–water partition coefficient (Wildman–Crippen LogP) is 2.90. The summed E-state index contributed by atoms with van der Waals surface area (Å²) in [5, 5.41) is 0. The number of hydrogen-bond donors (Lipinski definition) is 0. The van der Waals surface area contributed by atoms with Crippen LogP contribution in [0, 0.1) is 0 Å². The summed E-state index contributed by atoms with van der Waals surface area (Å²) >= 11 is 0. The lowest BCUT2D eigenvalue weighted by molar-refractivity contribution is -0.116. The standard InChI is InChI=1S/C17H19NO3S/c1-14(2)18(15-9-5-3-6-10-15)17(19)13-22(20,21)16-11-7-4-8-12-16/h3-12,14H,13H2,1-2H3. The Balaban J connectivity index is 2.26. The number of carbonyl (C=O) groups is 1. The van der Waals surface area contributed by atoms with Gasteiger partial charge in [-0.3, -0.25) is 4.79 Å². The molecular formula is C17H19NO3S. The minimum Gasteiger partial charge on any atom is -0.309 e. The monoisotopic (exact) mass is 317 g/mol. The van der Waals surface area contributed by atoms with Crippen LogP contribution in [0.4, 0.5) is 5.69 Å². The van der Waals surface area contributed by atoms with E-state index >= 15 is 0 Å². The normalized spacial score (nSPS) is 11.4.